The fraction of sp³-hybridized carbons (Fsp3) is 0.579. The number of esters is 1. The summed E-state index contributed by atoms with van der Waals surface area (Å²) in [7, 11) is 0. The lowest BCUT2D eigenvalue weighted by molar-refractivity contribution is -0.150. The molecule has 2 aliphatic heterocycles. The Balaban J connectivity index is 1.59. The number of fused-ring (bicyclic) bond motifs is 1. The van der Waals surface area contributed by atoms with Gasteiger partial charge in [0, 0.05) is 13.0 Å². The van der Waals surface area contributed by atoms with E-state index in [0.29, 0.717) is 30.6 Å². The van der Waals surface area contributed by atoms with Crippen molar-refractivity contribution >= 4 is 23.6 Å². The number of piperidine rings is 1. The SMILES string of the molecule is CCOC(=O)C1CCCN(C(c2ccco2)C2Sc3nc(CC)nn3C2=O)C1. The normalized spacial score (nSPS) is 23.6. The summed E-state index contributed by atoms with van der Waals surface area (Å²) < 4.78 is 12.3. The highest BCUT2D eigenvalue weighted by Crippen LogP contribution is 2.42. The number of rotatable bonds is 6. The van der Waals surface area contributed by atoms with Crippen molar-refractivity contribution in [3.63, 3.8) is 0 Å². The monoisotopic (exact) mass is 404 g/mol. The van der Waals surface area contributed by atoms with E-state index in [-0.39, 0.29) is 23.8 Å². The Labute approximate surface area is 167 Å². The van der Waals surface area contributed by atoms with Gasteiger partial charge in [-0.1, -0.05) is 18.7 Å². The molecule has 0 amide bonds. The third-order valence-corrected chi connectivity index (χ3v) is 6.40. The van der Waals surface area contributed by atoms with Crippen LogP contribution < -0.4 is 0 Å². The van der Waals surface area contributed by atoms with Crippen LogP contribution in [0.1, 0.15) is 49.1 Å². The summed E-state index contributed by atoms with van der Waals surface area (Å²) in [4.78, 5) is 32.0. The van der Waals surface area contributed by atoms with Crippen LogP contribution in [0.3, 0.4) is 0 Å². The molecule has 0 saturated carbocycles. The molecule has 0 aliphatic carbocycles. The molecule has 2 aromatic heterocycles. The zero-order valence-corrected chi connectivity index (χ0v) is 16.9. The van der Waals surface area contributed by atoms with Crippen LogP contribution >= 0.6 is 11.8 Å². The molecule has 4 heterocycles. The second-order valence-electron chi connectivity index (χ2n) is 7.00. The molecule has 3 unspecified atom stereocenters. The van der Waals surface area contributed by atoms with Crippen molar-refractivity contribution in [1.82, 2.24) is 19.7 Å². The zero-order valence-electron chi connectivity index (χ0n) is 16.0. The summed E-state index contributed by atoms with van der Waals surface area (Å²) in [5.41, 5.74) is 0. The van der Waals surface area contributed by atoms with E-state index in [0.717, 1.165) is 25.1 Å². The van der Waals surface area contributed by atoms with Crippen LogP contribution in [0.5, 0.6) is 0 Å². The minimum absolute atomic E-state index is 0.0909. The number of aromatic nitrogens is 3. The van der Waals surface area contributed by atoms with E-state index in [1.807, 2.05) is 26.0 Å². The van der Waals surface area contributed by atoms with Gasteiger partial charge in [-0.05, 0) is 38.4 Å². The van der Waals surface area contributed by atoms with E-state index in [1.165, 1.54) is 16.4 Å². The predicted octanol–water partition coefficient (Wildman–Crippen LogP) is 2.56. The zero-order chi connectivity index (χ0) is 19.7. The molecule has 150 valence electrons. The van der Waals surface area contributed by atoms with E-state index in [9.17, 15) is 9.59 Å². The van der Waals surface area contributed by atoms with Crippen LogP contribution in [-0.4, -0.2) is 56.5 Å². The Morgan fingerprint density at radius 3 is 3.00 bits per heavy atom. The van der Waals surface area contributed by atoms with Crippen molar-refractivity contribution in [3.05, 3.63) is 30.0 Å². The number of furan rings is 1. The van der Waals surface area contributed by atoms with Gasteiger partial charge in [-0.2, -0.15) is 4.68 Å². The number of carbonyl (C=O) groups excluding carboxylic acids is 2. The molecular formula is C19H24N4O4S. The van der Waals surface area contributed by atoms with Crippen molar-refractivity contribution in [1.29, 1.82) is 0 Å². The van der Waals surface area contributed by atoms with E-state index < -0.39 is 5.25 Å². The lowest BCUT2D eigenvalue weighted by Crippen LogP contribution is -2.45. The minimum atomic E-state index is -0.409. The highest BCUT2D eigenvalue weighted by molar-refractivity contribution is 8.00. The number of hydrogen-bond donors (Lipinski definition) is 0. The van der Waals surface area contributed by atoms with Gasteiger partial charge in [-0.3, -0.25) is 14.5 Å². The molecule has 2 aliphatic rings. The Bertz CT molecular complexity index is 850. The van der Waals surface area contributed by atoms with Crippen molar-refractivity contribution in [2.75, 3.05) is 19.7 Å². The molecular weight excluding hydrogens is 380 g/mol. The summed E-state index contributed by atoms with van der Waals surface area (Å²) in [5.74, 6) is 0.945. The summed E-state index contributed by atoms with van der Waals surface area (Å²) in [6.07, 6.45) is 3.97. The van der Waals surface area contributed by atoms with Crippen LogP contribution in [0.15, 0.2) is 28.0 Å². The first-order chi connectivity index (χ1) is 13.6. The summed E-state index contributed by atoms with van der Waals surface area (Å²) >= 11 is 1.42. The number of carbonyl (C=O) groups is 2. The average molecular weight is 404 g/mol. The average Bonchev–Trinajstić information content (AvgIpc) is 3.42. The topological polar surface area (TPSA) is 90.5 Å². The number of likely N-dealkylation sites (tertiary alicyclic amines) is 1. The third kappa shape index (κ3) is 3.48. The second-order valence-corrected chi connectivity index (χ2v) is 8.11. The van der Waals surface area contributed by atoms with Crippen molar-refractivity contribution in [2.24, 2.45) is 5.92 Å². The Morgan fingerprint density at radius 2 is 2.32 bits per heavy atom. The lowest BCUT2D eigenvalue weighted by atomic mass is 9.95. The van der Waals surface area contributed by atoms with Gasteiger partial charge in [0.2, 0.25) is 0 Å². The van der Waals surface area contributed by atoms with Gasteiger partial charge < -0.3 is 9.15 Å². The maximum Gasteiger partial charge on any atom is 0.310 e. The van der Waals surface area contributed by atoms with Crippen LogP contribution in [0.4, 0.5) is 0 Å². The van der Waals surface area contributed by atoms with Crippen molar-refractivity contribution < 1.29 is 18.7 Å². The van der Waals surface area contributed by atoms with Gasteiger partial charge in [-0.15, -0.1) is 5.10 Å². The molecule has 3 atom stereocenters. The largest absolute Gasteiger partial charge is 0.468 e. The molecule has 8 nitrogen and oxygen atoms in total. The molecule has 0 aromatic carbocycles. The van der Waals surface area contributed by atoms with E-state index in [2.05, 4.69) is 15.0 Å². The fourth-order valence-corrected chi connectivity index (χ4v) is 5.14. The van der Waals surface area contributed by atoms with Crippen LogP contribution in [-0.2, 0) is 16.0 Å². The van der Waals surface area contributed by atoms with Gasteiger partial charge in [0.25, 0.3) is 5.91 Å². The van der Waals surface area contributed by atoms with Crippen LogP contribution in [0, 0.1) is 5.92 Å². The van der Waals surface area contributed by atoms with Crippen LogP contribution in [0.2, 0.25) is 0 Å². The summed E-state index contributed by atoms with van der Waals surface area (Å²) in [6.45, 7) is 5.50. The maximum absolute atomic E-state index is 13.1. The van der Waals surface area contributed by atoms with Crippen LogP contribution in [0.25, 0.3) is 0 Å². The molecule has 28 heavy (non-hydrogen) atoms. The van der Waals surface area contributed by atoms with E-state index in [4.69, 9.17) is 9.15 Å². The van der Waals surface area contributed by atoms with Crippen molar-refractivity contribution in [3.8, 4) is 0 Å². The number of aryl methyl sites for hydroxylation is 1. The molecule has 0 bridgehead atoms. The number of hydrogen-bond acceptors (Lipinski definition) is 8. The number of ether oxygens (including phenoxy) is 1. The van der Waals surface area contributed by atoms with E-state index in [1.54, 1.807) is 6.26 Å². The molecule has 4 rings (SSSR count). The molecule has 1 saturated heterocycles. The first-order valence-electron chi connectivity index (χ1n) is 9.73. The first kappa shape index (κ1) is 19.2. The fourth-order valence-electron chi connectivity index (χ4n) is 3.88. The van der Waals surface area contributed by atoms with E-state index >= 15 is 0 Å². The molecule has 2 aromatic rings. The third-order valence-electron chi connectivity index (χ3n) is 5.21. The Hall–Kier alpha value is -2.13. The summed E-state index contributed by atoms with van der Waals surface area (Å²) in [6, 6.07) is 3.43. The highest BCUT2D eigenvalue weighted by Gasteiger charge is 2.45. The van der Waals surface area contributed by atoms with Gasteiger partial charge in [0.15, 0.2) is 11.0 Å². The highest BCUT2D eigenvalue weighted by atomic mass is 32.2. The lowest BCUT2D eigenvalue weighted by Gasteiger charge is -2.38. The van der Waals surface area contributed by atoms with Gasteiger partial charge in [0.1, 0.15) is 11.0 Å². The number of nitrogens with zero attached hydrogens (tertiary/aromatic N) is 4. The Kier molecular flexibility index (Phi) is 5.54. The quantitative estimate of drug-likeness (QED) is 0.679. The Morgan fingerprint density at radius 1 is 1.46 bits per heavy atom. The van der Waals surface area contributed by atoms with Gasteiger partial charge in [0.05, 0.1) is 24.8 Å². The van der Waals surface area contributed by atoms with Gasteiger partial charge in [-0.25, -0.2) is 4.98 Å². The van der Waals surface area contributed by atoms with Crippen molar-refractivity contribution in [2.45, 2.75) is 49.6 Å². The second kappa shape index (κ2) is 8.08. The molecule has 9 heteroatoms. The molecule has 0 radical (unpaired) electrons. The predicted molar refractivity (Wildman–Crippen MR) is 102 cm³/mol. The van der Waals surface area contributed by atoms with Gasteiger partial charge >= 0.3 is 5.97 Å². The number of thioether (sulfide) groups is 1. The standard InChI is InChI=1S/C19H24N4O4S/c1-3-14-20-19-23(21-14)17(24)16(28-19)15(13-8-6-10-27-13)22-9-5-7-12(11-22)18(25)26-4-2/h6,8,10,12,15-16H,3-5,7,9,11H2,1-2H3. The molecule has 0 N–H and O–H groups in total. The summed E-state index contributed by atoms with van der Waals surface area (Å²) in [5, 5.41) is 4.55. The molecule has 1 fully saturated rings. The first-order valence-corrected chi connectivity index (χ1v) is 10.6. The minimum Gasteiger partial charge on any atom is -0.468 e. The smallest absolute Gasteiger partial charge is 0.310 e. The molecule has 0 spiro atoms. The maximum atomic E-state index is 13.1.